The summed E-state index contributed by atoms with van der Waals surface area (Å²) in [7, 11) is 0. The molecule has 0 radical (unpaired) electrons. The van der Waals surface area contributed by atoms with Gasteiger partial charge in [0.05, 0.1) is 10.3 Å². The van der Waals surface area contributed by atoms with Crippen LogP contribution in [0.2, 0.25) is 4.34 Å². The number of nitrogens with zero attached hydrogens (tertiary/aromatic N) is 1. The second-order valence-corrected chi connectivity index (χ2v) is 6.09. The summed E-state index contributed by atoms with van der Waals surface area (Å²) in [5, 5.41) is 8.86. The molecule has 88 valence electrons. The summed E-state index contributed by atoms with van der Waals surface area (Å²) in [6.07, 6.45) is 0. The largest absolute Gasteiger partial charge is 0.481 e. The fourth-order valence-corrected chi connectivity index (χ4v) is 3.04. The van der Waals surface area contributed by atoms with Crippen LogP contribution in [0, 0.1) is 11.8 Å². The van der Waals surface area contributed by atoms with Gasteiger partial charge in [-0.05, 0) is 18.1 Å². The molecule has 1 N–H and O–H groups in total. The van der Waals surface area contributed by atoms with E-state index in [0.717, 1.165) is 24.0 Å². The average molecular weight is 260 g/mol. The van der Waals surface area contributed by atoms with Gasteiger partial charge in [-0.25, -0.2) is 0 Å². The van der Waals surface area contributed by atoms with E-state index in [-0.39, 0.29) is 5.92 Å². The number of rotatable bonds is 4. The number of hydrogen-bond donors (Lipinski definition) is 1. The molecule has 5 heteroatoms. The fourth-order valence-electron chi connectivity index (χ4n) is 1.91. The highest BCUT2D eigenvalue weighted by atomic mass is 35.5. The van der Waals surface area contributed by atoms with Crippen molar-refractivity contribution in [1.29, 1.82) is 0 Å². The minimum absolute atomic E-state index is 0.233. The lowest BCUT2D eigenvalue weighted by Gasteiger charge is -2.41. The summed E-state index contributed by atoms with van der Waals surface area (Å²) in [4.78, 5) is 14.3. The van der Waals surface area contributed by atoms with Crippen LogP contribution in [0.1, 0.15) is 11.8 Å². The van der Waals surface area contributed by atoms with E-state index in [9.17, 15) is 4.79 Å². The number of carbonyl (C=O) groups is 1. The van der Waals surface area contributed by atoms with Gasteiger partial charge in [0.1, 0.15) is 0 Å². The van der Waals surface area contributed by atoms with Gasteiger partial charge in [-0.15, -0.1) is 11.3 Å². The lowest BCUT2D eigenvalue weighted by Crippen LogP contribution is -2.50. The zero-order valence-corrected chi connectivity index (χ0v) is 10.6. The van der Waals surface area contributed by atoms with Crippen LogP contribution in [0.5, 0.6) is 0 Å². The van der Waals surface area contributed by atoms with Gasteiger partial charge in [0, 0.05) is 24.5 Å². The van der Waals surface area contributed by atoms with Gasteiger partial charge >= 0.3 is 5.97 Å². The van der Waals surface area contributed by atoms with Crippen LogP contribution in [0.25, 0.3) is 0 Å². The van der Waals surface area contributed by atoms with Crippen LogP contribution < -0.4 is 0 Å². The van der Waals surface area contributed by atoms with Crippen molar-refractivity contribution in [3.63, 3.8) is 0 Å². The molecular formula is C11H14ClNO2S. The molecule has 2 heterocycles. The van der Waals surface area contributed by atoms with E-state index in [1.807, 2.05) is 12.1 Å². The molecule has 1 atom stereocenters. The topological polar surface area (TPSA) is 40.5 Å². The molecule has 1 aromatic rings. The van der Waals surface area contributed by atoms with Crippen LogP contribution in [-0.4, -0.2) is 29.1 Å². The SMILES string of the molecule is CC(C(=O)O)C1CN(Cc2ccc(Cl)s2)C1. The first-order valence-corrected chi connectivity index (χ1v) is 6.45. The third-order valence-corrected chi connectivity index (χ3v) is 4.31. The van der Waals surface area contributed by atoms with Gasteiger partial charge in [-0.2, -0.15) is 0 Å². The highest BCUT2D eigenvalue weighted by Crippen LogP contribution is 2.28. The molecule has 2 rings (SSSR count). The molecule has 0 aromatic carbocycles. The van der Waals surface area contributed by atoms with Gasteiger partial charge in [-0.1, -0.05) is 18.5 Å². The minimum Gasteiger partial charge on any atom is -0.481 e. The Labute approximate surface area is 104 Å². The van der Waals surface area contributed by atoms with E-state index >= 15 is 0 Å². The van der Waals surface area contributed by atoms with Crippen molar-refractivity contribution in [2.24, 2.45) is 11.8 Å². The zero-order valence-electron chi connectivity index (χ0n) is 9.02. The monoisotopic (exact) mass is 259 g/mol. The Morgan fingerprint density at radius 2 is 2.38 bits per heavy atom. The van der Waals surface area contributed by atoms with Crippen molar-refractivity contribution in [2.75, 3.05) is 13.1 Å². The van der Waals surface area contributed by atoms with Crippen LogP contribution in [0.3, 0.4) is 0 Å². The Balaban J connectivity index is 1.79. The molecule has 3 nitrogen and oxygen atoms in total. The van der Waals surface area contributed by atoms with Crippen molar-refractivity contribution < 1.29 is 9.90 Å². The third kappa shape index (κ3) is 2.56. The lowest BCUT2D eigenvalue weighted by atomic mass is 9.87. The van der Waals surface area contributed by atoms with E-state index in [1.54, 1.807) is 18.3 Å². The standard InChI is InChI=1S/C11H14ClNO2S/c1-7(11(14)15)8-4-13(5-8)6-9-2-3-10(12)16-9/h2-3,7-8H,4-6H2,1H3,(H,14,15). The molecule has 0 saturated carbocycles. The molecule has 1 aliphatic heterocycles. The smallest absolute Gasteiger partial charge is 0.306 e. The Hall–Kier alpha value is -0.580. The Morgan fingerprint density at radius 3 is 2.88 bits per heavy atom. The summed E-state index contributed by atoms with van der Waals surface area (Å²) in [6.45, 7) is 4.43. The van der Waals surface area contributed by atoms with Crippen molar-refractivity contribution in [3.05, 3.63) is 21.3 Å². The first-order valence-electron chi connectivity index (χ1n) is 5.25. The summed E-state index contributed by atoms with van der Waals surface area (Å²) >= 11 is 7.44. The first kappa shape index (κ1) is 11.9. The Morgan fingerprint density at radius 1 is 1.69 bits per heavy atom. The number of carboxylic acid groups (broad SMARTS) is 1. The second-order valence-electron chi connectivity index (χ2n) is 4.29. The second kappa shape index (κ2) is 4.73. The van der Waals surface area contributed by atoms with Gasteiger partial charge in [-0.3, -0.25) is 9.69 Å². The molecule has 0 aliphatic carbocycles. The van der Waals surface area contributed by atoms with Crippen LogP contribution in [-0.2, 0) is 11.3 Å². The predicted molar refractivity (Wildman–Crippen MR) is 64.9 cm³/mol. The molecule has 0 bridgehead atoms. The van der Waals surface area contributed by atoms with Gasteiger partial charge in [0.15, 0.2) is 0 Å². The number of aliphatic carboxylic acids is 1. The molecular weight excluding hydrogens is 246 g/mol. The maximum absolute atomic E-state index is 10.8. The summed E-state index contributed by atoms with van der Waals surface area (Å²) in [6, 6.07) is 3.93. The lowest BCUT2D eigenvalue weighted by molar-refractivity contribution is -0.145. The summed E-state index contributed by atoms with van der Waals surface area (Å²) in [5.41, 5.74) is 0. The van der Waals surface area contributed by atoms with E-state index in [0.29, 0.717) is 5.92 Å². The first-order chi connectivity index (χ1) is 7.56. The molecule has 1 unspecified atom stereocenters. The van der Waals surface area contributed by atoms with Crippen LogP contribution in [0.15, 0.2) is 12.1 Å². The third-order valence-electron chi connectivity index (χ3n) is 3.09. The van der Waals surface area contributed by atoms with E-state index < -0.39 is 5.97 Å². The Kier molecular flexibility index (Phi) is 3.52. The van der Waals surface area contributed by atoms with Gasteiger partial charge in [0.25, 0.3) is 0 Å². The molecule has 1 fully saturated rings. The summed E-state index contributed by atoms with van der Waals surface area (Å²) in [5.74, 6) is -0.625. The molecule has 1 aromatic heterocycles. The van der Waals surface area contributed by atoms with Gasteiger partial charge < -0.3 is 5.11 Å². The summed E-state index contributed by atoms with van der Waals surface area (Å²) < 4.78 is 0.811. The van der Waals surface area contributed by atoms with Crippen molar-refractivity contribution in [2.45, 2.75) is 13.5 Å². The maximum atomic E-state index is 10.8. The average Bonchev–Trinajstić information content (AvgIpc) is 2.56. The molecule has 1 aliphatic rings. The van der Waals surface area contributed by atoms with Crippen molar-refractivity contribution in [3.8, 4) is 0 Å². The fraction of sp³-hybridized carbons (Fsp3) is 0.545. The van der Waals surface area contributed by atoms with Crippen LogP contribution in [0.4, 0.5) is 0 Å². The van der Waals surface area contributed by atoms with Gasteiger partial charge in [0.2, 0.25) is 0 Å². The molecule has 16 heavy (non-hydrogen) atoms. The number of thiophene rings is 1. The van der Waals surface area contributed by atoms with Crippen LogP contribution >= 0.6 is 22.9 Å². The minimum atomic E-state index is -0.691. The number of carboxylic acids is 1. The Bertz CT molecular complexity index is 387. The van der Waals surface area contributed by atoms with E-state index in [1.165, 1.54) is 4.88 Å². The zero-order chi connectivity index (χ0) is 11.7. The molecule has 1 saturated heterocycles. The van der Waals surface area contributed by atoms with Crippen molar-refractivity contribution in [1.82, 2.24) is 4.90 Å². The van der Waals surface area contributed by atoms with E-state index in [2.05, 4.69) is 4.90 Å². The highest BCUT2D eigenvalue weighted by Gasteiger charge is 2.34. The normalized spacial score (nSPS) is 19.4. The number of halogens is 1. The highest BCUT2D eigenvalue weighted by molar-refractivity contribution is 7.16. The number of hydrogen-bond acceptors (Lipinski definition) is 3. The maximum Gasteiger partial charge on any atom is 0.306 e. The van der Waals surface area contributed by atoms with E-state index in [4.69, 9.17) is 16.7 Å². The van der Waals surface area contributed by atoms with Crippen molar-refractivity contribution >= 4 is 28.9 Å². The molecule has 0 amide bonds. The predicted octanol–water partition coefficient (Wildman–Crippen LogP) is 2.55. The number of likely N-dealkylation sites (tertiary alicyclic amines) is 1. The molecule has 0 spiro atoms. The quantitative estimate of drug-likeness (QED) is 0.904.